The number of carbonyl (C=O) groups excluding carboxylic acids is 1. The maximum Gasteiger partial charge on any atom is 0.274 e. The van der Waals surface area contributed by atoms with E-state index in [0.717, 1.165) is 16.5 Å². The summed E-state index contributed by atoms with van der Waals surface area (Å²) in [4.78, 5) is 23.2. The van der Waals surface area contributed by atoms with Gasteiger partial charge in [-0.3, -0.25) is 9.78 Å². The molecule has 3 aromatic heterocycles. The summed E-state index contributed by atoms with van der Waals surface area (Å²) in [6.07, 6.45) is 7.97. The molecule has 23 heavy (non-hydrogen) atoms. The van der Waals surface area contributed by atoms with Gasteiger partial charge in [0.1, 0.15) is 0 Å². The van der Waals surface area contributed by atoms with Crippen LogP contribution in [0.3, 0.4) is 0 Å². The fourth-order valence-corrected chi connectivity index (χ4v) is 3.32. The molecule has 0 N–H and O–H groups in total. The third-order valence-electron chi connectivity index (χ3n) is 4.25. The zero-order valence-electron chi connectivity index (χ0n) is 12.5. The Bertz CT molecular complexity index is 906. The maximum absolute atomic E-state index is 12.9. The molecule has 0 aromatic carbocycles. The highest BCUT2D eigenvalue weighted by Gasteiger charge is 2.29. The summed E-state index contributed by atoms with van der Waals surface area (Å²) >= 11 is 3.36. The topological polar surface area (TPSA) is 63.4 Å². The zero-order chi connectivity index (χ0) is 16.0. The van der Waals surface area contributed by atoms with E-state index in [1.165, 1.54) is 5.56 Å². The lowest BCUT2D eigenvalue weighted by molar-refractivity contribution is 0.0671. The fourth-order valence-electron chi connectivity index (χ4n) is 3.02. The second kappa shape index (κ2) is 5.42. The van der Waals surface area contributed by atoms with Crippen LogP contribution >= 0.6 is 15.9 Å². The number of hydrogen-bond donors (Lipinski definition) is 0. The first-order valence-corrected chi connectivity index (χ1v) is 8.17. The molecule has 0 spiro atoms. The summed E-state index contributed by atoms with van der Waals surface area (Å²) in [5.74, 6) is -0.0753. The first-order valence-electron chi connectivity index (χ1n) is 7.38. The van der Waals surface area contributed by atoms with E-state index in [1.54, 1.807) is 29.2 Å². The quantitative estimate of drug-likeness (QED) is 0.659. The third kappa shape index (κ3) is 2.41. The lowest BCUT2D eigenvalue weighted by Gasteiger charge is -2.34. The average Bonchev–Trinajstić information content (AvgIpc) is 2.98. The first-order chi connectivity index (χ1) is 11.1. The number of hydrogen-bond acceptors (Lipinski definition) is 4. The Morgan fingerprint density at radius 3 is 3.13 bits per heavy atom. The number of nitrogens with zero attached hydrogens (tertiary/aromatic N) is 5. The van der Waals surface area contributed by atoms with Crippen LogP contribution in [0.1, 0.15) is 34.6 Å². The first kappa shape index (κ1) is 14.3. The van der Waals surface area contributed by atoms with Gasteiger partial charge in [-0.25, -0.2) is 9.50 Å². The molecule has 0 aliphatic carbocycles. The van der Waals surface area contributed by atoms with E-state index in [-0.39, 0.29) is 11.9 Å². The molecule has 0 bridgehead atoms. The van der Waals surface area contributed by atoms with Crippen molar-refractivity contribution >= 4 is 27.5 Å². The lowest BCUT2D eigenvalue weighted by Crippen LogP contribution is -2.39. The standard InChI is InChI=1S/C16H14BrN5O/c1-10-13-8-18-4-2-11(13)3-5-21(10)16(23)14-6-15-19-7-12(17)9-22(15)20-14/h2,4,6-10H,3,5H2,1H3. The van der Waals surface area contributed by atoms with Crippen molar-refractivity contribution in [2.24, 2.45) is 0 Å². The van der Waals surface area contributed by atoms with Crippen molar-refractivity contribution in [3.63, 3.8) is 0 Å². The normalized spacial score (nSPS) is 17.3. The van der Waals surface area contributed by atoms with Crippen LogP contribution in [0.15, 0.2) is 41.4 Å². The zero-order valence-corrected chi connectivity index (χ0v) is 14.1. The molecule has 0 saturated carbocycles. The van der Waals surface area contributed by atoms with Gasteiger partial charge in [-0.15, -0.1) is 0 Å². The molecular formula is C16H14BrN5O. The van der Waals surface area contributed by atoms with Gasteiger partial charge >= 0.3 is 0 Å². The van der Waals surface area contributed by atoms with E-state index in [0.29, 0.717) is 17.9 Å². The molecule has 0 fully saturated rings. The van der Waals surface area contributed by atoms with Crippen molar-refractivity contribution in [1.29, 1.82) is 0 Å². The number of pyridine rings is 1. The van der Waals surface area contributed by atoms with Crippen LogP contribution in [-0.2, 0) is 6.42 Å². The molecule has 1 unspecified atom stereocenters. The van der Waals surface area contributed by atoms with Gasteiger partial charge in [-0.05, 0) is 46.5 Å². The van der Waals surface area contributed by atoms with Gasteiger partial charge in [0.2, 0.25) is 0 Å². The largest absolute Gasteiger partial charge is 0.330 e. The van der Waals surface area contributed by atoms with E-state index in [2.05, 4.69) is 31.0 Å². The number of amides is 1. The average molecular weight is 372 g/mol. The van der Waals surface area contributed by atoms with E-state index in [9.17, 15) is 4.79 Å². The van der Waals surface area contributed by atoms with Gasteiger partial charge in [0.05, 0.1) is 10.5 Å². The fraction of sp³-hybridized carbons (Fsp3) is 0.250. The van der Waals surface area contributed by atoms with E-state index >= 15 is 0 Å². The molecule has 4 heterocycles. The minimum absolute atomic E-state index is 0.00976. The number of aromatic nitrogens is 4. The molecule has 1 amide bonds. The van der Waals surface area contributed by atoms with Crippen molar-refractivity contribution in [1.82, 2.24) is 24.5 Å². The molecule has 1 aliphatic heterocycles. The molecule has 1 aliphatic rings. The van der Waals surface area contributed by atoms with E-state index < -0.39 is 0 Å². The Kier molecular flexibility index (Phi) is 3.37. The van der Waals surface area contributed by atoms with Crippen LogP contribution in [0.25, 0.3) is 5.65 Å². The molecule has 6 nitrogen and oxygen atoms in total. The van der Waals surface area contributed by atoms with Gasteiger partial charge in [0, 0.05) is 37.4 Å². The van der Waals surface area contributed by atoms with Crippen molar-refractivity contribution < 1.29 is 4.79 Å². The van der Waals surface area contributed by atoms with Crippen LogP contribution in [-0.4, -0.2) is 36.9 Å². The second-order valence-corrected chi connectivity index (χ2v) is 6.52. The highest BCUT2D eigenvalue weighted by molar-refractivity contribution is 9.10. The lowest BCUT2D eigenvalue weighted by atomic mass is 9.95. The number of carbonyl (C=O) groups is 1. The molecular weight excluding hydrogens is 358 g/mol. The van der Waals surface area contributed by atoms with Gasteiger partial charge in [0.15, 0.2) is 11.3 Å². The Balaban J connectivity index is 1.68. The van der Waals surface area contributed by atoms with Gasteiger partial charge in [0.25, 0.3) is 5.91 Å². The number of fused-ring (bicyclic) bond motifs is 2. The van der Waals surface area contributed by atoms with Crippen LogP contribution < -0.4 is 0 Å². The highest BCUT2D eigenvalue weighted by atomic mass is 79.9. The predicted octanol–water partition coefficient (Wildman–Crippen LogP) is 2.65. The number of rotatable bonds is 1. The molecule has 0 saturated heterocycles. The molecule has 3 aromatic rings. The van der Waals surface area contributed by atoms with Crippen LogP contribution in [0.2, 0.25) is 0 Å². The summed E-state index contributed by atoms with van der Waals surface area (Å²) in [6.45, 7) is 2.71. The Labute approximate surface area is 141 Å². The smallest absolute Gasteiger partial charge is 0.274 e. The summed E-state index contributed by atoms with van der Waals surface area (Å²) in [5.41, 5.74) is 3.44. The van der Waals surface area contributed by atoms with Crippen LogP contribution in [0.5, 0.6) is 0 Å². The third-order valence-corrected chi connectivity index (χ3v) is 4.66. The molecule has 7 heteroatoms. The van der Waals surface area contributed by atoms with Gasteiger partial charge in [-0.1, -0.05) is 0 Å². The SMILES string of the molecule is CC1c2cnccc2CCN1C(=O)c1cc2ncc(Br)cn2n1. The highest BCUT2D eigenvalue weighted by Crippen LogP contribution is 2.29. The van der Waals surface area contributed by atoms with Crippen molar-refractivity contribution in [2.45, 2.75) is 19.4 Å². The molecule has 0 radical (unpaired) electrons. The van der Waals surface area contributed by atoms with Crippen molar-refractivity contribution in [3.05, 3.63) is 58.2 Å². The minimum Gasteiger partial charge on any atom is -0.330 e. The van der Waals surface area contributed by atoms with Crippen LogP contribution in [0, 0.1) is 0 Å². The maximum atomic E-state index is 12.9. The van der Waals surface area contributed by atoms with E-state index in [1.807, 2.05) is 24.1 Å². The Morgan fingerprint density at radius 2 is 2.26 bits per heavy atom. The Hall–Kier alpha value is -2.28. The number of halogens is 1. The summed E-state index contributed by atoms with van der Waals surface area (Å²) in [5, 5.41) is 4.36. The Morgan fingerprint density at radius 1 is 1.39 bits per heavy atom. The van der Waals surface area contributed by atoms with Crippen molar-refractivity contribution in [3.8, 4) is 0 Å². The van der Waals surface area contributed by atoms with E-state index in [4.69, 9.17) is 0 Å². The van der Waals surface area contributed by atoms with Crippen molar-refractivity contribution in [2.75, 3.05) is 6.54 Å². The molecule has 4 rings (SSSR count). The summed E-state index contributed by atoms with van der Waals surface area (Å²) in [7, 11) is 0. The monoisotopic (exact) mass is 371 g/mol. The summed E-state index contributed by atoms with van der Waals surface area (Å²) < 4.78 is 2.43. The molecule has 116 valence electrons. The summed E-state index contributed by atoms with van der Waals surface area (Å²) in [6, 6.07) is 3.74. The predicted molar refractivity (Wildman–Crippen MR) is 88.1 cm³/mol. The van der Waals surface area contributed by atoms with Crippen LogP contribution in [0.4, 0.5) is 0 Å². The van der Waals surface area contributed by atoms with Gasteiger partial charge in [-0.2, -0.15) is 5.10 Å². The van der Waals surface area contributed by atoms with Gasteiger partial charge < -0.3 is 4.90 Å². The molecule has 1 atom stereocenters. The second-order valence-electron chi connectivity index (χ2n) is 5.60. The minimum atomic E-state index is -0.0753.